The Hall–Kier alpha value is -2.57. The first-order valence-electron chi connectivity index (χ1n) is 9.56. The minimum Gasteiger partial charge on any atom is -0.393 e. The summed E-state index contributed by atoms with van der Waals surface area (Å²) in [5, 5.41) is 17.1. The monoisotopic (exact) mass is 426 g/mol. The SMILES string of the molecule is C.Cc1noc(C)c1-c1ccc2c(c1)C(CC[C@H](C)O)(c1ccccc1)C(=O)N2.S. The minimum absolute atomic E-state index is 0. The highest BCUT2D eigenvalue weighted by atomic mass is 32.1. The fourth-order valence-corrected chi connectivity index (χ4v) is 4.24. The van der Waals surface area contributed by atoms with Crippen molar-refractivity contribution in [1.82, 2.24) is 5.16 Å². The normalized spacial score (nSPS) is 18.1. The summed E-state index contributed by atoms with van der Waals surface area (Å²) in [7, 11) is 0. The second kappa shape index (κ2) is 9.06. The molecule has 160 valence electrons. The Kier molecular flexibility index (Phi) is 7.16. The van der Waals surface area contributed by atoms with Crippen molar-refractivity contribution in [3.05, 3.63) is 71.1 Å². The van der Waals surface area contributed by atoms with Crippen LogP contribution in [-0.4, -0.2) is 22.3 Å². The van der Waals surface area contributed by atoms with Gasteiger partial charge in [0.1, 0.15) is 11.2 Å². The van der Waals surface area contributed by atoms with E-state index in [1.54, 1.807) is 6.92 Å². The second-order valence-corrected chi connectivity index (χ2v) is 7.57. The molecule has 0 fully saturated rings. The molecule has 2 aromatic carbocycles. The zero-order valence-corrected chi connectivity index (χ0v) is 17.8. The molecule has 0 saturated heterocycles. The van der Waals surface area contributed by atoms with Crippen LogP contribution in [0, 0.1) is 13.8 Å². The molecule has 5 nitrogen and oxygen atoms in total. The number of anilines is 1. The molecule has 1 unspecified atom stereocenters. The Labute approximate surface area is 184 Å². The number of aryl methyl sites for hydroxylation is 2. The van der Waals surface area contributed by atoms with Crippen molar-refractivity contribution in [2.75, 3.05) is 5.32 Å². The second-order valence-electron chi connectivity index (χ2n) is 7.57. The number of nitrogens with one attached hydrogen (secondary N) is 1. The number of nitrogens with zero attached hydrogens (tertiary/aromatic N) is 1. The Bertz CT molecular complexity index is 1010. The summed E-state index contributed by atoms with van der Waals surface area (Å²) in [6, 6.07) is 15.8. The average molecular weight is 427 g/mol. The lowest BCUT2D eigenvalue weighted by Crippen LogP contribution is -2.36. The first-order valence-corrected chi connectivity index (χ1v) is 9.56. The van der Waals surface area contributed by atoms with Gasteiger partial charge in [0, 0.05) is 11.3 Å². The van der Waals surface area contributed by atoms with Crippen LogP contribution in [0.1, 0.15) is 49.8 Å². The Balaban J connectivity index is 0.00000160. The van der Waals surface area contributed by atoms with Gasteiger partial charge in [-0.05, 0) is 62.4 Å². The third-order valence-corrected chi connectivity index (χ3v) is 5.64. The van der Waals surface area contributed by atoms with Crippen LogP contribution in [0.15, 0.2) is 53.1 Å². The Morgan fingerprint density at radius 1 is 1.17 bits per heavy atom. The summed E-state index contributed by atoms with van der Waals surface area (Å²) < 4.78 is 5.34. The van der Waals surface area contributed by atoms with E-state index in [4.69, 9.17) is 4.52 Å². The van der Waals surface area contributed by atoms with Crippen LogP contribution < -0.4 is 5.32 Å². The molecule has 2 N–H and O–H groups in total. The van der Waals surface area contributed by atoms with E-state index in [-0.39, 0.29) is 26.8 Å². The number of carbonyl (C=O) groups is 1. The molecule has 0 spiro atoms. The number of rotatable bonds is 5. The summed E-state index contributed by atoms with van der Waals surface area (Å²) >= 11 is 0. The highest BCUT2D eigenvalue weighted by Gasteiger charge is 2.48. The molecule has 1 amide bonds. The van der Waals surface area contributed by atoms with Crippen LogP contribution >= 0.6 is 13.5 Å². The van der Waals surface area contributed by atoms with Gasteiger partial charge in [0.05, 0.1) is 11.8 Å². The lowest BCUT2D eigenvalue weighted by molar-refractivity contribution is -0.119. The Morgan fingerprint density at radius 3 is 2.47 bits per heavy atom. The Morgan fingerprint density at radius 2 is 1.87 bits per heavy atom. The summed E-state index contributed by atoms with van der Waals surface area (Å²) in [5.74, 6) is 0.703. The molecular formula is C24H30N2O3S. The van der Waals surface area contributed by atoms with Crippen molar-refractivity contribution in [2.45, 2.75) is 52.6 Å². The number of benzene rings is 2. The van der Waals surface area contributed by atoms with Crippen molar-refractivity contribution >= 4 is 25.1 Å². The van der Waals surface area contributed by atoms with Gasteiger partial charge in [-0.2, -0.15) is 13.5 Å². The van der Waals surface area contributed by atoms with E-state index >= 15 is 0 Å². The number of carbonyl (C=O) groups excluding carboxylic acids is 1. The van der Waals surface area contributed by atoms with Crippen molar-refractivity contribution in [2.24, 2.45) is 0 Å². The molecule has 30 heavy (non-hydrogen) atoms. The summed E-state index contributed by atoms with van der Waals surface area (Å²) in [4.78, 5) is 13.3. The van der Waals surface area contributed by atoms with E-state index < -0.39 is 11.5 Å². The lowest BCUT2D eigenvalue weighted by atomic mass is 9.71. The quantitative estimate of drug-likeness (QED) is 0.595. The van der Waals surface area contributed by atoms with Crippen LogP contribution in [0.4, 0.5) is 5.69 Å². The van der Waals surface area contributed by atoms with Crippen molar-refractivity contribution in [1.29, 1.82) is 0 Å². The van der Waals surface area contributed by atoms with Crippen molar-refractivity contribution in [3.63, 3.8) is 0 Å². The molecule has 1 aromatic heterocycles. The molecular weight excluding hydrogens is 396 g/mol. The maximum absolute atomic E-state index is 13.3. The van der Waals surface area contributed by atoms with Gasteiger partial charge < -0.3 is 14.9 Å². The molecule has 6 heteroatoms. The van der Waals surface area contributed by atoms with E-state index in [0.717, 1.165) is 39.4 Å². The standard InChI is InChI=1S/C23H24N2O3.CH4.H2S/c1-14(26)11-12-23(18-7-5-4-6-8-18)19-13-17(9-10-20(19)24-22(23)27)21-15(2)25-28-16(21)3;;/h4-10,13-14,26H,11-12H2,1-3H3,(H,24,27);1H4;1H2/t14-,23?;;/m0../s1. The smallest absolute Gasteiger partial charge is 0.239 e. The zero-order chi connectivity index (χ0) is 19.9. The predicted molar refractivity (Wildman–Crippen MR) is 125 cm³/mol. The van der Waals surface area contributed by atoms with Gasteiger partial charge in [0.15, 0.2) is 0 Å². The van der Waals surface area contributed by atoms with Gasteiger partial charge >= 0.3 is 0 Å². The first-order chi connectivity index (χ1) is 13.4. The molecule has 1 aliphatic rings. The number of amides is 1. The summed E-state index contributed by atoms with van der Waals surface area (Å²) in [6.45, 7) is 5.57. The van der Waals surface area contributed by atoms with E-state index in [9.17, 15) is 9.90 Å². The van der Waals surface area contributed by atoms with Crippen LogP contribution in [0.5, 0.6) is 0 Å². The van der Waals surface area contributed by atoms with Crippen molar-refractivity contribution < 1.29 is 14.4 Å². The maximum atomic E-state index is 13.3. The fourth-order valence-electron chi connectivity index (χ4n) is 4.24. The molecule has 0 bridgehead atoms. The third kappa shape index (κ3) is 3.77. The van der Waals surface area contributed by atoms with E-state index in [1.165, 1.54) is 0 Å². The molecule has 2 heterocycles. The van der Waals surface area contributed by atoms with Crippen LogP contribution in [-0.2, 0) is 10.2 Å². The summed E-state index contributed by atoms with van der Waals surface area (Å²) in [6.07, 6.45) is 0.568. The maximum Gasteiger partial charge on any atom is 0.239 e. The van der Waals surface area contributed by atoms with Gasteiger partial charge in [-0.15, -0.1) is 0 Å². The molecule has 1 aliphatic heterocycles. The van der Waals surface area contributed by atoms with Gasteiger partial charge in [-0.3, -0.25) is 4.79 Å². The first kappa shape index (κ1) is 23.7. The summed E-state index contributed by atoms with van der Waals surface area (Å²) in [5.41, 5.74) is 4.61. The predicted octanol–water partition coefficient (Wildman–Crippen LogP) is 5.11. The highest BCUT2D eigenvalue weighted by molar-refractivity contribution is 7.59. The van der Waals surface area contributed by atoms with Crippen LogP contribution in [0.3, 0.4) is 0 Å². The molecule has 3 aromatic rings. The molecule has 0 aliphatic carbocycles. The average Bonchev–Trinajstić information content (AvgIpc) is 3.16. The lowest BCUT2D eigenvalue weighted by Gasteiger charge is -2.29. The number of fused-ring (bicyclic) bond motifs is 1. The van der Waals surface area contributed by atoms with Gasteiger partial charge in [-0.1, -0.05) is 49.0 Å². The van der Waals surface area contributed by atoms with E-state index in [1.807, 2.05) is 56.3 Å². The van der Waals surface area contributed by atoms with E-state index in [0.29, 0.717) is 12.8 Å². The van der Waals surface area contributed by atoms with Crippen LogP contribution in [0.2, 0.25) is 0 Å². The number of hydrogen-bond acceptors (Lipinski definition) is 4. The molecule has 0 saturated carbocycles. The number of hydrogen-bond donors (Lipinski definition) is 2. The zero-order valence-electron chi connectivity index (χ0n) is 16.8. The molecule has 0 radical (unpaired) electrons. The third-order valence-electron chi connectivity index (χ3n) is 5.64. The number of aliphatic hydroxyl groups is 1. The number of aromatic nitrogens is 1. The number of aliphatic hydroxyl groups excluding tert-OH is 1. The van der Waals surface area contributed by atoms with Crippen molar-refractivity contribution in [3.8, 4) is 11.1 Å². The molecule has 2 atom stereocenters. The van der Waals surface area contributed by atoms with Gasteiger partial charge in [-0.25, -0.2) is 0 Å². The van der Waals surface area contributed by atoms with Gasteiger partial charge in [0.25, 0.3) is 0 Å². The van der Waals surface area contributed by atoms with E-state index in [2.05, 4.69) is 16.5 Å². The molecule has 4 rings (SSSR count). The van der Waals surface area contributed by atoms with Gasteiger partial charge in [0.2, 0.25) is 5.91 Å². The minimum atomic E-state index is -0.831. The fraction of sp³-hybridized carbons (Fsp3) is 0.333. The highest BCUT2D eigenvalue weighted by Crippen LogP contribution is 2.47. The topological polar surface area (TPSA) is 75.4 Å². The van der Waals surface area contributed by atoms with Crippen LogP contribution in [0.25, 0.3) is 11.1 Å². The largest absolute Gasteiger partial charge is 0.393 e.